The predicted octanol–water partition coefficient (Wildman–Crippen LogP) is -0.284. The van der Waals surface area contributed by atoms with Gasteiger partial charge in [-0.2, -0.15) is 0 Å². The van der Waals surface area contributed by atoms with Crippen molar-refractivity contribution in [1.29, 1.82) is 0 Å². The molecule has 0 aliphatic rings. The molecule has 1 aromatic rings. The largest absolute Gasteiger partial charge is 1.00 e. The molecule has 44 valence electrons. The number of halogens is 1. The Bertz CT molecular complexity index is 152. The topological polar surface area (TPSA) is 0 Å². The van der Waals surface area contributed by atoms with E-state index in [1.54, 1.807) is 0 Å². The number of hydrogen-bond donors (Lipinski definition) is 0. The van der Waals surface area contributed by atoms with Crippen LogP contribution in [0.5, 0.6) is 0 Å². The third-order valence-electron chi connectivity index (χ3n) is 1.01. The molecular formula is C7H8IK. The van der Waals surface area contributed by atoms with Crippen molar-refractivity contribution in [2.24, 2.45) is 0 Å². The molecule has 0 saturated carbocycles. The van der Waals surface area contributed by atoms with Gasteiger partial charge in [0, 0.05) is 3.57 Å². The van der Waals surface area contributed by atoms with Crippen LogP contribution in [-0.2, 0) is 0 Å². The molecule has 0 nitrogen and oxygen atoms in total. The predicted molar refractivity (Wildman–Crippen MR) is 45.0 cm³/mol. The average molecular weight is 258 g/mol. The Hall–Kier alpha value is 1.59. The fourth-order valence-electron chi connectivity index (χ4n) is 0.533. The first-order chi connectivity index (χ1) is 3.79. The smallest absolute Gasteiger partial charge is 1.00 e. The van der Waals surface area contributed by atoms with E-state index in [0.717, 1.165) is 0 Å². The average Bonchev–Trinajstić information content (AvgIpc) is 1.77. The zero-order valence-corrected chi connectivity index (χ0v) is 11.0. The summed E-state index contributed by atoms with van der Waals surface area (Å²) in [6.07, 6.45) is 0. The van der Waals surface area contributed by atoms with Crippen molar-refractivity contribution in [3.05, 3.63) is 33.4 Å². The summed E-state index contributed by atoms with van der Waals surface area (Å²) in [7, 11) is 0. The summed E-state index contributed by atoms with van der Waals surface area (Å²) in [6, 6.07) is 8.44. The van der Waals surface area contributed by atoms with E-state index in [9.17, 15) is 0 Å². The van der Waals surface area contributed by atoms with Gasteiger partial charge in [-0.25, -0.2) is 0 Å². The molecule has 0 heterocycles. The van der Waals surface area contributed by atoms with Gasteiger partial charge in [0.15, 0.2) is 0 Å². The molecule has 0 unspecified atom stereocenters. The van der Waals surface area contributed by atoms with Crippen LogP contribution < -0.4 is 51.4 Å². The van der Waals surface area contributed by atoms with Gasteiger partial charge in [-0.1, -0.05) is 17.7 Å². The van der Waals surface area contributed by atoms with E-state index in [4.69, 9.17) is 0 Å². The van der Waals surface area contributed by atoms with Gasteiger partial charge in [0.1, 0.15) is 0 Å². The summed E-state index contributed by atoms with van der Waals surface area (Å²) in [5, 5.41) is 0. The van der Waals surface area contributed by atoms with Crippen molar-refractivity contribution in [1.82, 2.24) is 0 Å². The van der Waals surface area contributed by atoms with Crippen molar-refractivity contribution in [3.63, 3.8) is 0 Å². The Labute approximate surface area is 113 Å². The van der Waals surface area contributed by atoms with Crippen molar-refractivity contribution in [3.8, 4) is 0 Å². The molecule has 0 aliphatic heterocycles. The van der Waals surface area contributed by atoms with E-state index in [-0.39, 0.29) is 52.8 Å². The third kappa shape index (κ3) is 4.11. The summed E-state index contributed by atoms with van der Waals surface area (Å²) in [4.78, 5) is 0. The van der Waals surface area contributed by atoms with Crippen LogP contribution in [0, 0.1) is 10.5 Å². The molecule has 0 N–H and O–H groups in total. The van der Waals surface area contributed by atoms with Crippen LogP contribution in [0.2, 0.25) is 0 Å². The maximum absolute atomic E-state index is 2.30. The Morgan fingerprint density at radius 2 is 1.67 bits per heavy atom. The molecule has 0 amide bonds. The number of benzene rings is 1. The van der Waals surface area contributed by atoms with E-state index in [2.05, 4.69) is 53.8 Å². The van der Waals surface area contributed by atoms with Gasteiger partial charge in [-0.15, -0.1) is 0 Å². The maximum Gasteiger partial charge on any atom is 1.00 e. The Kier molecular flexibility index (Phi) is 6.19. The minimum absolute atomic E-state index is 0. The van der Waals surface area contributed by atoms with Crippen LogP contribution in [-0.4, -0.2) is 0 Å². The Morgan fingerprint density at radius 1 is 1.22 bits per heavy atom. The second-order valence-electron chi connectivity index (χ2n) is 1.80. The Morgan fingerprint density at radius 3 is 2.00 bits per heavy atom. The van der Waals surface area contributed by atoms with Crippen LogP contribution in [0.4, 0.5) is 0 Å². The second-order valence-corrected chi connectivity index (χ2v) is 3.04. The first kappa shape index (κ1) is 10.6. The molecule has 0 bridgehead atoms. The number of rotatable bonds is 0. The SMILES string of the molecule is Cc1ccc(I)cc1.[H-].[K+]. The molecule has 0 aromatic heterocycles. The monoisotopic (exact) mass is 258 g/mol. The molecule has 0 saturated heterocycles. The minimum atomic E-state index is 0. The molecular weight excluding hydrogens is 250 g/mol. The second kappa shape index (κ2) is 5.26. The standard InChI is InChI=1S/C7H7I.K.H/c1-6-2-4-7(8)5-3-6;;/h2-5H,1H3;;/q;+1;-1. The first-order valence-electron chi connectivity index (χ1n) is 2.51. The molecule has 0 aliphatic carbocycles. The van der Waals surface area contributed by atoms with Crippen molar-refractivity contribution in [2.75, 3.05) is 0 Å². The van der Waals surface area contributed by atoms with E-state index in [1.807, 2.05) is 0 Å². The number of aryl methyl sites for hydroxylation is 1. The third-order valence-corrected chi connectivity index (χ3v) is 1.73. The van der Waals surface area contributed by atoms with E-state index < -0.39 is 0 Å². The summed E-state index contributed by atoms with van der Waals surface area (Å²) >= 11 is 2.30. The summed E-state index contributed by atoms with van der Waals surface area (Å²) in [5.41, 5.74) is 1.32. The normalized spacial score (nSPS) is 8.22. The molecule has 9 heavy (non-hydrogen) atoms. The summed E-state index contributed by atoms with van der Waals surface area (Å²) in [6.45, 7) is 2.09. The molecule has 0 spiro atoms. The number of hydrogen-bond acceptors (Lipinski definition) is 0. The van der Waals surface area contributed by atoms with Crippen LogP contribution in [0.1, 0.15) is 6.99 Å². The molecule has 1 aromatic carbocycles. The molecule has 2 heteroatoms. The van der Waals surface area contributed by atoms with Crippen LogP contribution >= 0.6 is 22.6 Å². The zero-order chi connectivity index (χ0) is 5.98. The fourth-order valence-corrected chi connectivity index (χ4v) is 0.893. The van der Waals surface area contributed by atoms with Crippen molar-refractivity contribution in [2.45, 2.75) is 6.92 Å². The first-order valence-corrected chi connectivity index (χ1v) is 3.59. The van der Waals surface area contributed by atoms with E-state index in [1.165, 1.54) is 9.13 Å². The molecule has 0 atom stereocenters. The van der Waals surface area contributed by atoms with Crippen molar-refractivity contribution < 1.29 is 52.8 Å². The molecule has 0 radical (unpaired) electrons. The zero-order valence-electron chi connectivity index (χ0n) is 6.69. The summed E-state index contributed by atoms with van der Waals surface area (Å²) in [5.74, 6) is 0. The molecule has 0 fully saturated rings. The van der Waals surface area contributed by atoms with Crippen molar-refractivity contribution >= 4 is 22.6 Å². The van der Waals surface area contributed by atoms with Gasteiger partial charge >= 0.3 is 51.4 Å². The molecule has 1 rings (SSSR count). The summed E-state index contributed by atoms with van der Waals surface area (Å²) < 4.78 is 1.30. The van der Waals surface area contributed by atoms with Crippen LogP contribution in [0.15, 0.2) is 24.3 Å². The fraction of sp³-hybridized carbons (Fsp3) is 0.143. The van der Waals surface area contributed by atoms with Gasteiger partial charge in [0.2, 0.25) is 0 Å². The Balaban J connectivity index is 0. The van der Waals surface area contributed by atoms with E-state index >= 15 is 0 Å². The van der Waals surface area contributed by atoms with Gasteiger partial charge in [0.05, 0.1) is 0 Å². The van der Waals surface area contributed by atoms with Crippen LogP contribution in [0.25, 0.3) is 0 Å². The van der Waals surface area contributed by atoms with Crippen LogP contribution in [0.3, 0.4) is 0 Å². The van der Waals surface area contributed by atoms with Gasteiger partial charge < -0.3 is 1.43 Å². The van der Waals surface area contributed by atoms with Gasteiger partial charge in [-0.3, -0.25) is 0 Å². The quantitative estimate of drug-likeness (QED) is 0.443. The van der Waals surface area contributed by atoms with E-state index in [0.29, 0.717) is 0 Å². The maximum atomic E-state index is 2.30. The van der Waals surface area contributed by atoms with Gasteiger partial charge in [0.25, 0.3) is 0 Å². The minimum Gasteiger partial charge on any atom is -1.00 e. The van der Waals surface area contributed by atoms with Gasteiger partial charge in [-0.05, 0) is 41.6 Å².